The Morgan fingerprint density at radius 1 is 1.00 bits per heavy atom. The molecule has 0 saturated carbocycles. The number of ether oxygens (including phenoxy) is 1. The quantitative estimate of drug-likeness (QED) is 0.319. The van der Waals surface area contributed by atoms with Gasteiger partial charge in [0, 0.05) is 6.42 Å². The van der Waals surface area contributed by atoms with Gasteiger partial charge in [-0.05, 0) is 46.1 Å². The minimum atomic E-state index is -3.11. The molecule has 136 valence electrons. The fraction of sp³-hybridized carbons (Fsp3) is 0.611. The van der Waals surface area contributed by atoms with Crippen LogP contribution in [0.2, 0.25) is 0 Å². The largest absolute Gasteiger partial charge is 0.461 e. The molecule has 6 heteroatoms. The Morgan fingerprint density at radius 2 is 1.58 bits per heavy atom. The van der Waals surface area contributed by atoms with Crippen molar-refractivity contribution in [2.75, 3.05) is 6.16 Å². The lowest BCUT2D eigenvalue weighted by molar-refractivity contribution is -0.145. The average molecular weight is 356 g/mol. The first-order valence-electron chi connectivity index (χ1n) is 8.46. The first-order chi connectivity index (χ1) is 11.3. The second kappa shape index (κ2) is 10.7. The number of hydrogen-bond donors (Lipinski definition) is 0. The van der Waals surface area contributed by atoms with E-state index >= 15 is 0 Å². The molecule has 24 heavy (non-hydrogen) atoms. The van der Waals surface area contributed by atoms with Crippen molar-refractivity contribution in [3.8, 4) is 0 Å². The van der Waals surface area contributed by atoms with Crippen LogP contribution in [0.3, 0.4) is 0 Å². The van der Waals surface area contributed by atoms with Gasteiger partial charge in [-0.25, -0.2) is 0 Å². The van der Waals surface area contributed by atoms with Gasteiger partial charge in [0.1, 0.15) is 6.61 Å². The molecule has 1 aromatic carbocycles. The van der Waals surface area contributed by atoms with Gasteiger partial charge in [-0.3, -0.25) is 9.36 Å². The number of benzene rings is 1. The highest BCUT2D eigenvalue weighted by atomic mass is 31.2. The summed E-state index contributed by atoms with van der Waals surface area (Å²) in [5.74, 6) is -0.247. The van der Waals surface area contributed by atoms with E-state index in [-0.39, 0.29) is 24.8 Å². The van der Waals surface area contributed by atoms with Crippen LogP contribution in [0.25, 0.3) is 0 Å². The van der Waals surface area contributed by atoms with E-state index < -0.39 is 7.60 Å². The van der Waals surface area contributed by atoms with Crippen LogP contribution in [0, 0.1) is 0 Å². The van der Waals surface area contributed by atoms with Gasteiger partial charge in [0.05, 0.1) is 18.4 Å². The highest BCUT2D eigenvalue weighted by Gasteiger charge is 2.27. The molecule has 0 aliphatic heterocycles. The lowest BCUT2D eigenvalue weighted by atomic mass is 10.2. The summed E-state index contributed by atoms with van der Waals surface area (Å²) >= 11 is 0. The molecular weight excluding hydrogens is 327 g/mol. The van der Waals surface area contributed by atoms with Crippen molar-refractivity contribution in [3.05, 3.63) is 35.9 Å². The van der Waals surface area contributed by atoms with E-state index in [1.807, 2.05) is 58.0 Å². The van der Waals surface area contributed by atoms with E-state index in [2.05, 4.69) is 0 Å². The zero-order valence-electron chi connectivity index (χ0n) is 15.1. The molecule has 0 bridgehead atoms. The van der Waals surface area contributed by atoms with Crippen LogP contribution >= 0.6 is 7.60 Å². The Balaban J connectivity index is 2.29. The molecule has 0 unspecified atom stereocenters. The maximum atomic E-state index is 12.6. The van der Waals surface area contributed by atoms with Crippen LogP contribution < -0.4 is 0 Å². The van der Waals surface area contributed by atoms with Crippen LogP contribution in [0.1, 0.15) is 52.5 Å². The summed E-state index contributed by atoms with van der Waals surface area (Å²) in [6.45, 7) is 7.61. The van der Waals surface area contributed by atoms with E-state index in [0.29, 0.717) is 25.4 Å². The van der Waals surface area contributed by atoms with Gasteiger partial charge in [-0.2, -0.15) is 0 Å². The van der Waals surface area contributed by atoms with Gasteiger partial charge in [0.2, 0.25) is 0 Å². The number of carbonyl (C=O) groups excluding carboxylic acids is 1. The highest BCUT2D eigenvalue weighted by Crippen LogP contribution is 2.51. The van der Waals surface area contributed by atoms with Crippen molar-refractivity contribution in [2.24, 2.45) is 0 Å². The first kappa shape index (κ1) is 20.9. The monoisotopic (exact) mass is 356 g/mol. The topological polar surface area (TPSA) is 61.8 Å². The standard InChI is InChI=1S/C18H29O5P/c1-15(2)22-24(20,23-16(3)4)13-9-8-12-18(19)21-14-17-10-6-5-7-11-17/h5-7,10-11,15-16H,8-9,12-14H2,1-4H3. The second-order valence-electron chi connectivity index (χ2n) is 6.25. The number of carbonyl (C=O) groups is 1. The second-order valence-corrected chi connectivity index (χ2v) is 8.34. The number of unbranched alkanes of at least 4 members (excludes halogenated alkanes) is 1. The van der Waals surface area contributed by atoms with Crippen LogP contribution in [-0.2, 0) is 29.8 Å². The Labute approximate surface area is 145 Å². The maximum Gasteiger partial charge on any atom is 0.331 e. The fourth-order valence-corrected chi connectivity index (χ4v) is 4.31. The third-order valence-corrected chi connectivity index (χ3v) is 5.40. The number of hydrogen-bond acceptors (Lipinski definition) is 5. The predicted octanol–water partition coefficient (Wildman–Crippen LogP) is 4.94. The normalized spacial score (nSPS) is 11.9. The molecule has 0 fully saturated rings. The summed E-state index contributed by atoms with van der Waals surface area (Å²) < 4.78 is 28.8. The molecule has 0 N–H and O–H groups in total. The number of rotatable bonds is 11. The van der Waals surface area contributed by atoms with Crippen molar-refractivity contribution in [3.63, 3.8) is 0 Å². The molecule has 5 nitrogen and oxygen atoms in total. The van der Waals surface area contributed by atoms with Crippen LogP contribution in [0.4, 0.5) is 0 Å². The van der Waals surface area contributed by atoms with Gasteiger partial charge in [0.25, 0.3) is 0 Å². The van der Waals surface area contributed by atoms with Gasteiger partial charge in [-0.15, -0.1) is 0 Å². The Hall–Kier alpha value is -1.16. The fourth-order valence-electron chi connectivity index (χ4n) is 2.16. The molecule has 0 aliphatic carbocycles. The Kier molecular flexibility index (Phi) is 9.27. The highest BCUT2D eigenvalue weighted by molar-refractivity contribution is 7.53. The van der Waals surface area contributed by atoms with E-state index in [1.54, 1.807) is 0 Å². The van der Waals surface area contributed by atoms with Crippen LogP contribution in [0.5, 0.6) is 0 Å². The van der Waals surface area contributed by atoms with Crippen molar-refractivity contribution < 1.29 is 23.1 Å². The number of esters is 1. The minimum Gasteiger partial charge on any atom is -0.461 e. The van der Waals surface area contributed by atoms with E-state index in [1.165, 1.54) is 0 Å². The average Bonchev–Trinajstić information content (AvgIpc) is 2.49. The SMILES string of the molecule is CC(C)OP(=O)(CCCCC(=O)OCc1ccccc1)OC(C)C. The summed E-state index contributed by atoms with van der Waals surface area (Å²) in [4.78, 5) is 11.7. The molecular formula is C18H29O5P. The Bertz CT molecular complexity index is 513. The molecule has 0 amide bonds. The Morgan fingerprint density at radius 3 is 2.12 bits per heavy atom. The van der Waals surface area contributed by atoms with Gasteiger partial charge in [0.15, 0.2) is 0 Å². The molecule has 0 saturated heterocycles. The third-order valence-electron chi connectivity index (χ3n) is 3.05. The summed E-state index contributed by atoms with van der Waals surface area (Å²) in [5.41, 5.74) is 0.964. The minimum absolute atomic E-state index is 0.162. The van der Waals surface area contributed by atoms with Crippen LogP contribution in [-0.4, -0.2) is 24.3 Å². The molecule has 0 spiro atoms. The summed E-state index contributed by atoms with van der Waals surface area (Å²) in [7, 11) is -3.11. The molecule has 1 aromatic rings. The van der Waals surface area contributed by atoms with Gasteiger partial charge < -0.3 is 13.8 Å². The zero-order chi connectivity index (χ0) is 18.0. The van der Waals surface area contributed by atoms with Gasteiger partial charge >= 0.3 is 13.6 Å². The van der Waals surface area contributed by atoms with E-state index in [0.717, 1.165) is 5.56 Å². The lowest BCUT2D eigenvalue weighted by Crippen LogP contribution is -2.11. The zero-order valence-corrected chi connectivity index (χ0v) is 16.0. The van der Waals surface area contributed by atoms with Crippen LogP contribution in [0.15, 0.2) is 30.3 Å². The molecule has 0 heterocycles. The first-order valence-corrected chi connectivity index (χ1v) is 10.2. The molecule has 0 atom stereocenters. The molecule has 0 aliphatic rings. The predicted molar refractivity (Wildman–Crippen MR) is 95.0 cm³/mol. The van der Waals surface area contributed by atoms with Crippen molar-refractivity contribution in [1.82, 2.24) is 0 Å². The lowest BCUT2D eigenvalue weighted by Gasteiger charge is -2.22. The maximum absolute atomic E-state index is 12.6. The van der Waals surface area contributed by atoms with Crippen molar-refractivity contribution in [1.29, 1.82) is 0 Å². The van der Waals surface area contributed by atoms with E-state index in [9.17, 15) is 9.36 Å². The smallest absolute Gasteiger partial charge is 0.331 e. The molecule has 0 radical (unpaired) electrons. The van der Waals surface area contributed by atoms with Crippen molar-refractivity contribution in [2.45, 2.75) is 65.8 Å². The molecule has 1 rings (SSSR count). The van der Waals surface area contributed by atoms with Gasteiger partial charge in [-0.1, -0.05) is 30.3 Å². The van der Waals surface area contributed by atoms with Crippen molar-refractivity contribution >= 4 is 13.6 Å². The van der Waals surface area contributed by atoms with E-state index in [4.69, 9.17) is 13.8 Å². The molecule has 0 aromatic heterocycles. The summed E-state index contributed by atoms with van der Waals surface area (Å²) in [5, 5.41) is 0. The summed E-state index contributed by atoms with van der Waals surface area (Å²) in [6, 6.07) is 9.56. The summed E-state index contributed by atoms with van der Waals surface area (Å²) in [6.07, 6.45) is 1.49. The third kappa shape index (κ3) is 9.21.